The number of nitriles is 1. The van der Waals surface area contributed by atoms with E-state index in [9.17, 15) is 0 Å². The standard InChI is InChI=1S/C11H18N2S/c12-6-1-7-13(10-2-3-10)8-11(9-14)4-5-11/h10,14H,1-5,7-9H2. The molecule has 78 valence electrons. The van der Waals surface area contributed by atoms with Gasteiger partial charge in [-0.25, -0.2) is 0 Å². The van der Waals surface area contributed by atoms with Crippen LogP contribution in [0.2, 0.25) is 0 Å². The molecule has 2 saturated carbocycles. The van der Waals surface area contributed by atoms with Gasteiger partial charge in [0.1, 0.15) is 0 Å². The van der Waals surface area contributed by atoms with Gasteiger partial charge in [0, 0.05) is 25.6 Å². The van der Waals surface area contributed by atoms with Crippen LogP contribution in [0.5, 0.6) is 0 Å². The lowest BCUT2D eigenvalue weighted by molar-refractivity contribution is 0.225. The molecule has 0 spiro atoms. The van der Waals surface area contributed by atoms with Gasteiger partial charge in [0.25, 0.3) is 0 Å². The highest BCUT2D eigenvalue weighted by molar-refractivity contribution is 7.80. The Labute approximate surface area is 91.7 Å². The molecule has 0 aliphatic heterocycles. The van der Waals surface area contributed by atoms with Gasteiger partial charge in [0.05, 0.1) is 6.07 Å². The first-order chi connectivity index (χ1) is 6.79. The van der Waals surface area contributed by atoms with Gasteiger partial charge < -0.3 is 0 Å². The van der Waals surface area contributed by atoms with Crippen LogP contribution in [0.1, 0.15) is 32.1 Å². The average molecular weight is 210 g/mol. The van der Waals surface area contributed by atoms with E-state index in [1.54, 1.807) is 0 Å². The fraction of sp³-hybridized carbons (Fsp3) is 0.909. The topological polar surface area (TPSA) is 27.0 Å². The van der Waals surface area contributed by atoms with Crippen molar-refractivity contribution in [3.8, 4) is 6.07 Å². The third kappa shape index (κ3) is 2.43. The Morgan fingerprint density at radius 1 is 1.43 bits per heavy atom. The summed E-state index contributed by atoms with van der Waals surface area (Å²) in [5, 5.41) is 8.60. The summed E-state index contributed by atoms with van der Waals surface area (Å²) in [6, 6.07) is 3.04. The quantitative estimate of drug-likeness (QED) is 0.680. The van der Waals surface area contributed by atoms with E-state index >= 15 is 0 Å². The van der Waals surface area contributed by atoms with Gasteiger partial charge in [0.2, 0.25) is 0 Å². The van der Waals surface area contributed by atoms with Gasteiger partial charge in [-0.3, -0.25) is 4.90 Å². The fourth-order valence-corrected chi connectivity index (χ4v) is 2.41. The van der Waals surface area contributed by atoms with Gasteiger partial charge in [0.15, 0.2) is 0 Å². The Kier molecular flexibility index (Phi) is 3.04. The van der Waals surface area contributed by atoms with E-state index in [0.717, 1.165) is 18.3 Å². The van der Waals surface area contributed by atoms with E-state index in [1.807, 2.05) is 0 Å². The lowest BCUT2D eigenvalue weighted by Gasteiger charge is -2.25. The molecule has 2 rings (SSSR count). The number of rotatable bonds is 6. The van der Waals surface area contributed by atoms with Crippen LogP contribution < -0.4 is 0 Å². The van der Waals surface area contributed by atoms with Gasteiger partial charge in [-0.15, -0.1) is 0 Å². The second kappa shape index (κ2) is 4.12. The Morgan fingerprint density at radius 2 is 2.14 bits per heavy atom. The summed E-state index contributed by atoms with van der Waals surface area (Å²) in [5.41, 5.74) is 0.515. The number of hydrogen-bond donors (Lipinski definition) is 1. The molecule has 0 saturated heterocycles. The lowest BCUT2D eigenvalue weighted by Crippen LogP contribution is -2.34. The van der Waals surface area contributed by atoms with Crippen LogP contribution in [-0.2, 0) is 0 Å². The van der Waals surface area contributed by atoms with E-state index in [4.69, 9.17) is 5.26 Å². The molecule has 0 radical (unpaired) electrons. The largest absolute Gasteiger partial charge is 0.299 e. The Morgan fingerprint density at radius 3 is 2.57 bits per heavy atom. The molecular weight excluding hydrogens is 192 g/mol. The monoisotopic (exact) mass is 210 g/mol. The smallest absolute Gasteiger partial charge is 0.0635 e. The summed E-state index contributed by atoms with van der Waals surface area (Å²) < 4.78 is 0. The zero-order valence-corrected chi connectivity index (χ0v) is 9.47. The second-order valence-corrected chi connectivity index (χ2v) is 5.08. The third-order valence-electron chi connectivity index (χ3n) is 3.41. The fourth-order valence-electron chi connectivity index (χ4n) is 2.00. The Bertz CT molecular complexity index is 238. The first kappa shape index (κ1) is 10.3. The van der Waals surface area contributed by atoms with Crippen molar-refractivity contribution in [3.63, 3.8) is 0 Å². The van der Waals surface area contributed by atoms with Crippen molar-refractivity contribution in [2.45, 2.75) is 38.1 Å². The van der Waals surface area contributed by atoms with Crippen molar-refractivity contribution in [1.29, 1.82) is 5.26 Å². The van der Waals surface area contributed by atoms with Crippen LogP contribution in [0.4, 0.5) is 0 Å². The second-order valence-electron chi connectivity index (χ2n) is 4.77. The summed E-state index contributed by atoms with van der Waals surface area (Å²) in [6.07, 6.45) is 6.04. The molecular formula is C11H18N2S. The molecule has 0 N–H and O–H groups in total. The summed E-state index contributed by atoms with van der Waals surface area (Å²) >= 11 is 4.43. The molecule has 0 aromatic carbocycles. The van der Waals surface area contributed by atoms with Crippen molar-refractivity contribution >= 4 is 12.6 Å². The predicted octanol–water partition coefficient (Wildman–Crippen LogP) is 2.07. The summed E-state index contributed by atoms with van der Waals surface area (Å²) in [4.78, 5) is 2.52. The third-order valence-corrected chi connectivity index (χ3v) is 4.08. The molecule has 0 amide bonds. The number of hydrogen-bond acceptors (Lipinski definition) is 3. The number of nitrogens with zero attached hydrogens (tertiary/aromatic N) is 2. The van der Waals surface area contributed by atoms with Crippen molar-refractivity contribution < 1.29 is 0 Å². The maximum Gasteiger partial charge on any atom is 0.0635 e. The molecule has 0 bridgehead atoms. The van der Waals surface area contributed by atoms with Crippen LogP contribution >= 0.6 is 12.6 Å². The first-order valence-electron chi connectivity index (χ1n) is 5.51. The minimum Gasteiger partial charge on any atom is -0.299 e. The maximum atomic E-state index is 8.60. The van der Waals surface area contributed by atoms with Crippen molar-refractivity contribution in [3.05, 3.63) is 0 Å². The van der Waals surface area contributed by atoms with E-state index in [2.05, 4.69) is 23.6 Å². The van der Waals surface area contributed by atoms with Gasteiger partial charge in [-0.2, -0.15) is 17.9 Å². The van der Waals surface area contributed by atoms with E-state index in [1.165, 1.54) is 32.2 Å². The SMILES string of the molecule is N#CCCN(CC1(CS)CC1)C1CC1. The number of thiol groups is 1. The van der Waals surface area contributed by atoms with Crippen LogP contribution in [-0.4, -0.2) is 29.8 Å². The molecule has 0 heterocycles. The van der Waals surface area contributed by atoms with Gasteiger partial charge in [-0.1, -0.05) is 0 Å². The van der Waals surface area contributed by atoms with Crippen LogP contribution in [0.3, 0.4) is 0 Å². The first-order valence-corrected chi connectivity index (χ1v) is 6.15. The normalized spacial score (nSPS) is 23.5. The van der Waals surface area contributed by atoms with Crippen molar-refractivity contribution in [2.24, 2.45) is 5.41 Å². The van der Waals surface area contributed by atoms with Gasteiger partial charge in [-0.05, 0) is 36.9 Å². The molecule has 2 aliphatic carbocycles. The highest BCUT2D eigenvalue weighted by atomic mass is 32.1. The summed E-state index contributed by atoms with van der Waals surface area (Å²) in [5.74, 6) is 1.02. The van der Waals surface area contributed by atoms with Crippen LogP contribution in [0, 0.1) is 16.7 Å². The molecule has 0 aromatic heterocycles. The zero-order valence-electron chi connectivity index (χ0n) is 8.58. The van der Waals surface area contributed by atoms with Crippen LogP contribution in [0.25, 0.3) is 0 Å². The predicted molar refractivity (Wildman–Crippen MR) is 60.3 cm³/mol. The van der Waals surface area contributed by atoms with Crippen molar-refractivity contribution in [1.82, 2.24) is 4.90 Å². The summed E-state index contributed by atoms with van der Waals surface area (Å²) in [6.45, 7) is 2.15. The maximum absolute atomic E-state index is 8.60. The van der Waals surface area contributed by atoms with E-state index in [0.29, 0.717) is 11.8 Å². The lowest BCUT2D eigenvalue weighted by atomic mass is 10.1. The molecule has 14 heavy (non-hydrogen) atoms. The average Bonchev–Trinajstić information content (AvgIpc) is 3.04. The minimum absolute atomic E-state index is 0.515. The molecule has 0 unspecified atom stereocenters. The van der Waals surface area contributed by atoms with Crippen molar-refractivity contribution in [2.75, 3.05) is 18.8 Å². The molecule has 2 aliphatic rings. The highest BCUT2D eigenvalue weighted by Gasteiger charge is 2.44. The summed E-state index contributed by atoms with van der Waals surface area (Å²) in [7, 11) is 0. The highest BCUT2D eigenvalue weighted by Crippen LogP contribution is 2.48. The zero-order chi connectivity index (χ0) is 10.0. The molecule has 2 fully saturated rings. The van der Waals surface area contributed by atoms with E-state index < -0.39 is 0 Å². The van der Waals surface area contributed by atoms with E-state index in [-0.39, 0.29) is 0 Å². The van der Waals surface area contributed by atoms with Crippen LogP contribution in [0.15, 0.2) is 0 Å². The molecule has 2 nitrogen and oxygen atoms in total. The Balaban J connectivity index is 1.81. The molecule has 3 heteroatoms. The van der Waals surface area contributed by atoms with Gasteiger partial charge >= 0.3 is 0 Å². The molecule has 0 aromatic rings. The Hall–Kier alpha value is -0.200. The molecule has 0 atom stereocenters. The minimum atomic E-state index is 0.515.